The van der Waals surface area contributed by atoms with E-state index in [1.54, 1.807) is 0 Å². The first-order chi connectivity index (χ1) is 9.02. The monoisotopic (exact) mass is 259 g/mol. The number of benzene rings is 1. The highest BCUT2D eigenvalue weighted by atomic mass is 14.9. The van der Waals surface area contributed by atoms with Crippen LogP contribution in [0, 0.1) is 11.8 Å². The summed E-state index contributed by atoms with van der Waals surface area (Å²) in [5, 5.41) is 3.65. The molecule has 1 rings (SSSR count). The lowest BCUT2D eigenvalue weighted by Crippen LogP contribution is -2.36. The zero-order valence-corrected chi connectivity index (χ0v) is 12.9. The molecule has 1 heteroatoms. The van der Waals surface area contributed by atoms with E-state index in [9.17, 15) is 0 Å². The Hall–Kier alpha value is -1.24. The summed E-state index contributed by atoms with van der Waals surface area (Å²) in [6, 6.07) is 11.2. The quantitative estimate of drug-likeness (QED) is 0.707. The molecule has 0 aliphatic rings. The SMILES string of the molecule is C=C(CC(C)C)NC(Cc1ccccc1)[C@@H](C)CC. The third-order valence-corrected chi connectivity index (χ3v) is 3.67. The van der Waals surface area contributed by atoms with Crippen LogP contribution in [0.2, 0.25) is 0 Å². The summed E-state index contributed by atoms with van der Waals surface area (Å²) in [6.07, 6.45) is 3.33. The summed E-state index contributed by atoms with van der Waals surface area (Å²) in [7, 11) is 0. The molecule has 0 saturated heterocycles. The highest BCUT2D eigenvalue weighted by molar-refractivity contribution is 5.16. The molecular weight excluding hydrogens is 230 g/mol. The van der Waals surface area contributed by atoms with Crippen LogP contribution in [0.1, 0.15) is 46.1 Å². The number of hydrogen-bond acceptors (Lipinski definition) is 1. The molecule has 1 unspecified atom stereocenters. The summed E-state index contributed by atoms with van der Waals surface area (Å²) >= 11 is 0. The van der Waals surface area contributed by atoms with Crippen molar-refractivity contribution in [2.45, 2.75) is 53.0 Å². The Bertz CT molecular complexity index is 367. The van der Waals surface area contributed by atoms with Crippen LogP contribution >= 0.6 is 0 Å². The first-order valence-electron chi connectivity index (χ1n) is 7.51. The minimum atomic E-state index is 0.485. The Morgan fingerprint density at radius 1 is 1.16 bits per heavy atom. The molecule has 0 aromatic heterocycles. The van der Waals surface area contributed by atoms with E-state index in [1.165, 1.54) is 17.7 Å². The predicted molar refractivity (Wildman–Crippen MR) is 85.1 cm³/mol. The van der Waals surface area contributed by atoms with E-state index in [4.69, 9.17) is 0 Å². The van der Waals surface area contributed by atoms with E-state index in [-0.39, 0.29) is 0 Å². The van der Waals surface area contributed by atoms with Gasteiger partial charge in [-0.1, -0.05) is 71.0 Å². The van der Waals surface area contributed by atoms with E-state index in [0.717, 1.165) is 12.8 Å². The van der Waals surface area contributed by atoms with Gasteiger partial charge in [0, 0.05) is 11.7 Å². The van der Waals surface area contributed by atoms with Gasteiger partial charge in [-0.3, -0.25) is 0 Å². The van der Waals surface area contributed by atoms with Gasteiger partial charge in [-0.05, 0) is 30.2 Å². The van der Waals surface area contributed by atoms with Crippen LogP contribution in [0.15, 0.2) is 42.6 Å². The Morgan fingerprint density at radius 3 is 2.32 bits per heavy atom. The maximum atomic E-state index is 4.18. The van der Waals surface area contributed by atoms with Gasteiger partial charge in [-0.15, -0.1) is 0 Å². The zero-order chi connectivity index (χ0) is 14.3. The molecule has 0 bridgehead atoms. The molecule has 1 aromatic carbocycles. The molecule has 1 N–H and O–H groups in total. The van der Waals surface area contributed by atoms with E-state index in [0.29, 0.717) is 17.9 Å². The summed E-state index contributed by atoms with van der Waals surface area (Å²) in [5.41, 5.74) is 2.58. The largest absolute Gasteiger partial charge is 0.385 e. The topological polar surface area (TPSA) is 12.0 Å². The molecule has 0 radical (unpaired) electrons. The summed E-state index contributed by atoms with van der Waals surface area (Å²) in [6.45, 7) is 13.2. The summed E-state index contributed by atoms with van der Waals surface area (Å²) < 4.78 is 0. The molecule has 0 aliphatic carbocycles. The normalized spacial score (nSPS) is 14.2. The van der Waals surface area contributed by atoms with Gasteiger partial charge in [0.25, 0.3) is 0 Å². The van der Waals surface area contributed by atoms with Gasteiger partial charge < -0.3 is 5.32 Å². The minimum absolute atomic E-state index is 0.485. The van der Waals surface area contributed by atoms with Gasteiger partial charge in [0.2, 0.25) is 0 Å². The fourth-order valence-electron chi connectivity index (χ4n) is 2.36. The third-order valence-electron chi connectivity index (χ3n) is 3.67. The lowest BCUT2D eigenvalue weighted by atomic mass is 9.92. The molecule has 19 heavy (non-hydrogen) atoms. The molecule has 0 amide bonds. The first kappa shape index (κ1) is 15.8. The van der Waals surface area contributed by atoms with Crippen LogP contribution in [0.25, 0.3) is 0 Å². The maximum absolute atomic E-state index is 4.18. The molecule has 0 aliphatic heterocycles. The molecule has 0 saturated carbocycles. The van der Waals surface area contributed by atoms with E-state index < -0.39 is 0 Å². The van der Waals surface area contributed by atoms with E-state index in [2.05, 4.69) is 69.9 Å². The fourth-order valence-corrected chi connectivity index (χ4v) is 2.36. The van der Waals surface area contributed by atoms with Gasteiger partial charge in [-0.25, -0.2) is 0 Å². The van der Waals surface area contributed by atoms with Crippen molar-refractivity contribution in [3.8, 4) is 0 Å². The number of hydrogen-bond donors (Lipinski definition) is 1. The van der Waals surface area contributed by atoms with Crippen LogP contribution in [-0.4, -0.2) is 6.04 Å². The van der Waals surface area contributed by atoms with Crippen LogP contribution < -0.4 is 5.32 Å². The maximum Gasteiger partial charge on any atom is 0.0323 e. The molecule has 1 aromatic rings. The van der Waals surface area contributed by atoms with Crippen LogP contribution in [0.4, 0.5) is 0 Å². The van der Waals surface area contributed by atoms with Crippen molar-refractivity contribution >= 4 is 0 Å². The second kappa shape index (κ2) is 8.04. The molecule has 0 fully saturated rings. The predicted octanol–water partition coefficient (Wildman–Crippen LogP) is 4.79. The second-order valence-electron chi connectivity index (χ2n) is 6.03. The zero-order valence-electron chi connectivity index (χ0n) is 12.9. The Balaban J connectivity index is 2.64. The Labute approximate surface area is 119 Å². The molecule has 106 valence electrons. The van der Waals surface area contributed by atoms with Crippen molar-refractivity contribution in [3.63, 3.8) is 0 Å². The highest BCUT2D eigenvalue weighted by Gasteiger charge is 2.16. The minimum Gasteiger partial charge on any atom is -0.385 e. The molecular formula is C18H29N. The van der Waals surface area contributed by atoms with Crippen LogP contribution in [-0.2, 0) is 6.42 Å². The third kappa shape index (κ3) is 5.96. The van der Waals surface area contributed by atoms with Gasteiger partial charge in [0.15, 0.2) is 0 Å². The van der Waals surface area contributed by atoms with Crippen molar-refractivity contribution in [3.05, 3.63) is 48.2 Å². The standard InChI is InChI=1S/C18H29N/c1-6-15(4)18(19-16(5)12-14(2)3)13-17-10-8-7-9-11-17/h7-11,14-15,18-19H,5-6,12-13H2,1-4H3/t15-,18?/m0/s1. The average molecular weight is 259 g/mol. The lowest BCUT2D eigenvalue weighted by Gasteiger charge is -2.27. The van der Waals surface area contributed by atoms with Crippen molar-refractivity contribution in [1.29, 1.82) is 0 Å². The van der Waals surface area contributed by atoms with Crippen molar-refractivity contribution in [2.75, 3.05) is 0 Å². The van der Waals surface area contributed by atoms with E-state index in [1.807, 2.05) is 0 Å². The first-order valence-corrected chi connectivity index (χ1v) is 7.51. The van der Waals surface area contributed by atoms with Gasteiger partial charge in [0.05, 0.1) is 0 Å². The Kier molecular flexibility index (Phi) is 6.69. The lowest BCUT2D eigenvalue weighted by molar-refractivity contribution is 0.380. The average Bonchev–Trinajstić information content (AvgIpc) is 2.37. The fraction of sp³-hybridized carbons (Fsp3) is 0.556. The van der Waals surface area contributed by atoms with Crippen LogP contribution in [0.5, 0.6) is 0 Å². The molecule has 1 nitrogen and oxygen atoms in total. The highest BCUT2D eigenvalue weighted by Crippen LogP contribution is 2.16. The van der Waals surface area contributed by atoms with Crippen molar-refractivity contribution in [2.24, 2.45) is 11.8 Å². The molecule has 0 heterocycles. The second-order valence-corrected chi connectivity index (χ2v) is 6.03. The number of allylic oxidation sites excluding steroid dienone is 1. The van der Waals surface area contributed by atoms with Crippen molar-refractivity contribution < 1.29 is 0 Å². The smallest absolute Gasteiger partial charge is 0.0323 e. The summed E-state index contributed by atoms with van der Waals surface area (Å²) in [4.78, 5) is 0. The van der Waals surface area contributed by atoms with Crippen LogP contribution in [0.3, 0.4) is 0 Å². The molecule has 2 atom stereocenters. The van der Waals surface area contributed by atoms with Gasteiger partial charge in [-0.2, -0.15) is 0 Å². The van der Waals surface area contributed by atoms with Crippen molar-refractivity contribution in [1.82, 2.24) is 5.32 Å². The van der Waals surface area contributed by atoms with E-state index >= 15 is 0 Å². The number of rotatable bonds is 8. The number of nitrogens with one attached hydrogen (secondary N) is 1. The summed E-state index contributed by atoms with van der Waals surface area (Å²) in [5.74, 6) is 1.32. The Morgan fingerprint density at radius 2 is 1.79 bits per heavy atom. The van der Waals surface area contributed by atoms with Gasteiger partial charge in [0.1, 0.15) is 0 Å². The van der Waals surface area contributed by atoms with Gasteiger partial charge >= 0.3 is 0 Å². The molecule has 0 spiro atoms.